The molecule has 110 valence electrons. The molecule has 0 radical (unpaired) electrons. The van der Waals surface area contributed by atoms with Crippen molar-refractivity contribution in [3.8, 4) is 11.3 Å². The molecule has 1 N–H and O–H groups in total. The van der Waals surface area contributed by atoms with E-state index in [1.165, 1.54) is 5.56 Å². The molecule has 0 aliphatic carbocycles. The highest BCUT2D eigenvalue weighted by atomic mass is 79.9. The van der Waals surface area contributed by atoms with Crippen LogP contribution >= 0.6 is 15.9 Å². The lowest BCUT2D eigenvalue weighted by Crippen LogP contribution is -2.10. The van der Waals surface area contributed by atoms with E-state index in [1.54, 1.807) is 18.2 Å². The van der Waals surface area contributed by atoms with Crippen molar-refractivity contribution in [1.29, 1.82) is 0 Å². The number of nitrogens with zero attached hydrogens (tertiary/aromatic N) is 1. The molecule has 1 heterocycles. The summed E-state index contributed by atoms with van der Waals surface area (Å²) in [5.74, 6) is -0.147. The number of hydrogen-bond acceptors (Lipinski definition) is 3. The number of halogens is 1. The normalized spacial score (nSPS) is 10.5. The molecular formula is C17H13BrN2O2. The van der Waals surface area contributed by atoms with Crippen molar-refractivity contribution in [1.82, 2.24) is 5.16 Å². The average molecular weight is 357 g/mol. The third-order valence-electron chi connectivity index (χ3n) is 3.18. The number of benzene rings is 2. The molecule has 0 bridgehead atoms. The SMILES string of the molecule is Cc1ccc(-c2cc(C(=O)Nc3ccc(Br)cc3)on2)cc1. The fraction of sp³-hybridized carbons (Fsp3) is 0.0588. The van der Waals surface area contributed by atoms with Gasteiger partial charge in [-0.3, -0.25) is 4.79 Å². The minimum atomic E-state index is -0.326. The summed E-state index contributed by atoms with van der Waals surface area (Å²) in [4.78, 5) is 12.1. The highest BCUT2D eigenvalue weighted by molar-refractivity contribution is 9.10. The van der Waals surface area contributed by atoms with Crippen LogP contribution in [0.5, 0.6) is 0 Å². The third-order valence-corrected chi connectivity index (χ3v) is 3.71. The van der Waals surface area contributed by atoms with Crippen LogP contribution in [0.1, 0.15) is 16.1 Å². The van der Waals surface area contributed by atoms with E-state index >= 15 is 0 Å². The lowest BCUT2D eigenvalue weighted by Gasteiger charge is -2.01. The molecule has 0 saturated heterocycles. The molecule has 0 aliphatic heterocycles. The Morgan fingerprint density at radius 2 is 1.77 bits per heavy atom. The van der Waals surface area contributed by atoms with Crippen LogP contribution < -0.4 is 5.32 Å². The molecule has 0 aliphatic rings. The molecule has 1 aromatic heterocycles. The van der Waals surface area contributed by atoms with Gasteiger partial charge in [-0.15, -0.1) is 0 Å². The highest BCUT2D eigenvalue weighted by Gasteiger charge is 2.14. The quantitative estimate of drug-likeness (QED) is 0.741. The predicted octanol–water partition coefficient (Wildman–Crippen LogP) is 4.66. The molecule has 5 heteroatoms. The monoisotopic (exact) mass is 356 g/mol. The van der Waals surface area contributed by atoms with Crippen molar-refractivity contribution in [3.05, 3.63) is 70.4 Å². The summed E-state index contributed by atoms with van der Waals surface area (Å²) in [7, 11) is 0. The van der Waals surface area contributed by atoms with E-state index in [0.29, 0.717) is 11.4 Å². The lowest BCUT2D eigenvalue weighted by molar-refractivity contribution is 0.0988. The fourth-order valence-corrected chi connectivity index (χ4v) is 2.23. The standard InChI is InChI=1S/C17H13BrN2O2/c1-11-2-4-12(5-3-11)15-10-16(22-20-15)17(21)19-14-8-6-13(18)7-9-14/h2-10H,1H3,(H,19,21). The van der Waals surface area contributed by atoms with E-state index in [2.05, 4.69) is 26.4 Å². The summed E-state index contributed by atoms with van der Waals surface area (Å²) in [6.07, 6.45) is 0. The number of hydrogen-bond donors (Lipinski definition) is 1. The second-order valence-electron chi connectivity index (χ2n) is 4.90. The number of anilines is 1. The van der Waals surface area contributed by atoms with E-state index in [-0.39, 0.29) is 11.7 Å². The van der Waals surface area contributed by atoms with Crippen LogP contribution in [0.4, 0.5) is 5.69 Å². The first-order valence-electron chi connectivity index (χ1n) is 6.72. The maximum Gasteiger partial charge on any atom is 0.294 e. The van der Waals surface area contributed by atoms with Crippen LogP contribution in [0, 0.1) is 6.92 Å². The Hall–Kier alpha value is -2.40. The fourth-order valence-electron chi connectivity index (χ4n) is 1.97. The smallest absolute Gasteiger partial charge is 0.294 e. The maximum atomic E-state index is 12.1. The highest BCUT2D eigenvalue weighted by Crippen LogP contribution is 2.21. The van der Waals surface area contributed by atoms with Gasteiger partial charge in [0.05, 0.1) is 0 Å². The number of nitrogens with one attached hydrogen (secondary N) is 1. The van der Waals surface area contributed by atoms with Crippen LogP contribution in [0.3, 0.4) is 0 Å². The zero-order valence-electron chi connectivity index (χ0n) is 11.8. The van der Waals surface area contributed by atoms with Gasteiger partial charge >= 0.3 is 0 Å². The second-order valence-corrected chi connectivity index (χ2v) is 5.82. The van der Waals surface area contributed by atoms with Crippen LogP contribution in [0.2, 0.25) is 0 Å². The van der Waals surface area contributed by atoms with Crippen LogP contribution in [0.15, 0.2) is 63.6 Å². The molecule has 0 unspecified atom stereocenters. The van der Waals surface area contributed by atoms with Crippen LogP contribution in [-0.4, -0.2) is 11.1 Å². The van der Waals surface area contributed by atoms with Crippen molar-refractivity contribution in [2.24, 2.45) is 0 Å². The first-order chi connectivity index (χ1) is 10.6. The van der Waals surface area contributed by atoms with E-state index < -0.39 is 0 Å². The number of rotatable bonds is 3. The van der Waals surface area contributed by atoms with Crippen molar-refractivity contribution in [2.75, 3.05) is 5.32 Å². The summed E-state index contributed by atoms with van der Waals surface area (Å²) in [6.45, 7) is 2.02. The molecule has 0 atom stereocenters. The van der Waals surface area contributed by atoms with Gasteiger partial charge in [0.1, 0.15) is 5.69 Å². The number of carbonyl (C=O) groups is 1. The molecule has 3 aromatic rings. The maximum absolute atomic E-state index is 12.1. The molecule has 4 nitrogen and oxygen atoms in total. The van der Waals surface area contributed by atoms with E-state index in [4.69, 9.17) is 4.52 Å². The number of aryl methyl sites for hydroxylation is 1. The van der Waals surface area contributed by atoms with Gasteiger partial charge in [-0.05, 0) is 31.2 Å². The zero-order valence-corrected chi connectivity index (χ0v) is 13.4. The van der Waals surface area contributed by atoms with Gasteiger partial charge in [-0.25, -0.2) is 0 Å². The summed E-state index contributed by atoms with van der Waals surface area (Å²) in [6, 6.07) is 16.8. The zero-order chi connectivity index (χ0) is 15.5. The van der Waals surface area contributed by atoms with Crippen molar-refractivity contribution >= 4 is 27.5 Å². The molecule has 0 spiro atoms. The molecule has 3 rings (SSSR count). The van der Waals surface area contributed by atoms with Crippen LogP contribution in [-0.2, 0) is 0 Å². The van der Waals surface area contributed by atoms with Gasteiger partial charge in [-0.1, -0.05) is 50.9 Å². The van der Waals surface area contributed by atoms with E-state index in [0.717, 1.165) is 10.0 Å². The molecular weight excluding hydrogens is 344 g/mol. The topological polar surface area (TPSA) is 55.1 Å². The molecule has 1 amide bonds. The van der Waals surface area contributed by atoms with Crippen molar-refractivity contribution < 1.29 is 9.32 Å². The minimum absolute atomic E-state index is 0.179. The van der Waals surface area contributed by atoms with Crippen molar-refractivity contribution in [2.45, 2.75) is 6.92 Å². The minimum Gasteiger partial charge on any atom is -0.350 e. The molecule has 2 aromatic carbocycles. The van der Waals surface area contributed by atoms with Gasteiger partial charge in [-0.2, -0.15) is 0 Å². The summed E-state index contributed by atoms with van der Waals surface area (Å²) >= 11 is 3.35. The van der Waals surface area contributed by atoms with Crippen molar-refractivity contribution in [3.63, 3.8) is 0 Å². The number of aromatic nitrogens is 1. The Kier molecular flexibility index (Phi) is 4.06. The molecule has 0 saturated carbocycles. The number of carbonyl (C=O) groups excluding carboxylic acids is 1. The lowest BCUT2D eigenvalue weighted by atomic mass is 10.1. The Morgan fingerprint density at radius 3 is 2.45 bits per heavy atom. The largest absolute Gasteiger partial charge is 0.350 e. The third kappa shape index (κ3) is 3.26. The first kappa shape index (κ1) is 14.5. The Morgan fingerprint density at radius 1 is 1.09 bits per heavy atom. The van der Waals surface area contributed by atoms with E-state index in [9.17, 15) is 4.79 Å². The van der Waals surface area contributed by atoms with E-state index in [1.807, 2.05) is 43.3 Å². The Labute approximate surface area is 136 Å². The second kappa shape index (κ2) is 6.15. The summed E-state index contributed by atoms with van der Waals surface area (Å²) < 4.78 is 6.09. The number of amides is 1. The Bertz CT molecular complexity index is 792. The first-order valence-corrected chi connectivity index (χ1v) is 7.52. The summed E-state index contributed by atoms with van der Waals surface area (Å²) in [5.41, 5.74) is 3.42. The van der Waals surface area contributed by atoms with Crippen LogP contribution in [0.25, 0.3) is 11.3 Å². The Balaban J connectivity index is 1.76. The van der Waals surface area contributed by atoms with Gasteiger partial charge in [0.2, 0.25) is 5.76 Å². The predicted molar refractivity (Wildman–Crippen MR) is 88.8 cm³/mol. The summed E-state index contributed by atoms with van der Waals surface area (Å²) in [5, 5.41) is 6.72. The van der Waals surface area contributed by atoms with Gasteiger partial charge in [0.15, 0.2) is 0 Å². The molecule has 0 fully saturated rings. The molecule has 22 heavy (non-hydrogen) atoms. The van der Waals surface area contributed by atoms with Gasteiger partial charge in [0.25, 0.3) is 5.91 Å². The average Bonchev–Trinajstić information content (AvgIpc) is 3.00. The van der Waals surface area contributed by atoms with Gasteiger partial charge in [0, 0.05) is 21.8 Å². The van der Waals surface area contributed by atoms with Gasteiger partial charge < -0.3 is 9.84 Å².